The second-order valence-corrected chi connectivity index (χ2v) is 1.53. The van der Waals surface area contributed by atoms with Crippen LogP contribution in [-0.2, 0) is 0 Å². The van der Waals surface area contributed by atoms with E-state index in [2.05, 4.69) is 0 Å². The van der Waals surface area contributed by atoms with Gasteiger partial charge in [-0.15, -0.1) is 0 Å². The number of rotatable bonds is 1. The summed E-state index contributed by atoms with van der Waals surface area (Å²) in [6, 6.07) is 9.10. The number of carbonyl (C=O) groups excluding carboxylic acids is 1. The number of hydrogen-bond acceptors (Lipinski definition) is 1. The van der Waals surface area contributed by atoms with Gasteiger partial charge in [0.05, 0.1) is 0 Å². The molecule has 0 aromatic heterocycles. The van der Waals surface area contributed by atoms with Gasteiger partial charge in [-0.3, -0.25) is 4.79 Å². The van der Waals surface area contributed by atoms with E-state index in [-0.39, 0.29) is 48.9 Å². The molecule has 1 nitrogen and oxygen atoms in total. The van der Waals surface area contributed by atoms with E-state index in [1.165, 1.54) is 0 Å². The normalized spacial score (nSPS) is 7.56. The molecule has 1 aromatic carbocycles. The minimum atomic E-state index is 0. The predicted molar refractivity (Wildman–Crippen MR) is 40.4 cm³/mol. The summed E-state index contributed by atoms with van der Waals surface area (Å²) in [5, 5.41) is 0. The molecular formula is C7H8BaO. The number of carbonyl (C=O) groups is 1. The Bertz CT molecular complexity index is 172. The first kappa shape index (κ1) is 9.46. The van der Waals surface area contributed by atoms with Gasteiger partial charge in [-0.05, 0) is 0 Å². The SMILES string of the molecule is O=Cc1ccccc1.[BaH2]. The van der Waals surface area contributed by atoms with Crippen LogP contribution in [0, 0.1) is 0 Å². The molecule has 0 atom stereocenters. The average molecular weight is 245 g/mol. The van der Waals surface area contributed by atoms with Crippen LogP contribution < -0.4 is 0 Å². The van der Waals surface area contributed by atoms with E-state index in [1.54, 1.807) is 12.1 Å². The van der Waals surface area contributed by atoms with Crippen LogP contribution in [0.2, 0.25) is 0 Å². The van der Waals surface area contributed by atoms with E-state index >= 15 is 0 Å². The van der Waals surface area contributed by atoms with Crippen molar-refractivity contribution >= 4 is 55.2 Å². The topological polar surface area (TPSA) is 17.1 Å². The summed E-state index contributed by atoms with van der Waals surface area (Å²) in [4.78, 5) is 10.0. The van der Waals surface area contributed by atoms with E-state index in [0.29, 0.717) is 0 Å². The summed E-state index contributed by atoms with van der Waals surface area (Å²) in [5.41, 5.74) is 0.729. The maximum absolute atomic E-state index is 10.0. The Morgan fingerprint density at radius 3 is 2.00 bits per heavy atom. The molecular weight excluding hydrogens is 237 g/mol. The quantitative estimate of drug-likeness (QED) is 0.523. The number of aldehydes is 1. The first-order chi connectivity index (χ1) is 3.93. The molecule has 0 unspecified atom stereocenters. The molecule has 1 rings (SSSR count). The van der Waals surface area contributed by atoms with Gasteiger partial charge in [-0.25, -0.2) is 0 Å². The molecule has 2 heteroatoms. The third kappa shape index (κ3) is 3.23. The summed E-state index contributed by atoms with van der Waals surface area (Å²) in [6.07, 6.45) is 0.833. The molecule has 0 saturated heterocycles. The second-order valence-electron chi connectivity index (χ2n) is 1.53. The molecule has 0 aliphatic heterocycles. The van der Waals surface area contributed by atoms with Crippen LogP contribution in [0.15, 0.2) is 30.3 Å². The summed E-state index contributed by atoms with van der Waals surface area (Å²) >= 11 is 0. The van der Waals surface area contributed by atoms with Gasteiger partial charge >= 0.3 is 48.9 Å². The molecule has 0 fully saturated rings. The van der Waals surface area contributed by atoms with Crippen molar-refractivity contribution in [2.75, 3.05) is 0 Å². The summed E-state index contributed by atoms with van der Waals surface area (Å²) in [7, 11) is 0. The molecule has 0 saturated carbocycles. The number of hydrogen-bond donors (Lipinski definition) is 0. The third-order valence-electron chi connectivity index (χ3n) is 0.936. The monoisotopic (exact) mass is 246 g/mol. The zero-order valence-corrected chi connectivity index (χ0v) is 4.37. The molecule has 0 spiro atoms. The summed E-state index contributed by atoms with van der Waals surface area (Å²) < 4.78 is 0. The van der Waals surface area contributed by atoms with Crippen molar-refractivity contribution in [3.05, 3.63) is 35.9 Å². The molecule has 0 bridgehead atoms. The predicted octanol–water partition coefficient (Wildman–Crippen LogP) is 0.583. The van der Waals surface area contributed by atoms with E-state index in [9.17, 15) is 4.79 Å². The van der Waals surface area contributed by atoms with Gasteiger partial charge in [-0.1, -0.05) is 30.3 Å². The van der Waals surface area contributed by atoms with Crippen molar-refractivity contribution in [1.82, 2.24) is 0 Å². The first-order valence-electron chi connectivity index (χ1n) is 2.44. The minimum absolute atomic E-state index is 0. The van der Waals surface area contributed by atoms with E-state index in [0.717, 1.165) is 11.8 Å². The van der Waals surface area contributed by atoms with Crippen LogP contribution in [0.1, 0.15) is 10.4 Å². The first-order valence-corrected chi connectivity index (χ1v) is 2.44. The van der Waals surface area contributed by atoms with Crippen molar-refractivity contribution in [3.63, 3.8) is 0 Å². The Hall–Kier alpha value is 0.461. The van der Waals surface area contributed by atoms with Gasteiger partial charge in [0, 0.05) is 5.56 Å². The fourth-order valence-electron chi connectivity index (χ4n) is 0.532. The standard InChI is InChI=1S/C7H6O.Ba.2H/c8-6-7-4-2-1-3-5-7;;;/h1-6H;;;. The fourth-order valence-corrected chi connectivity index (χ4v) is 0.532. The molecule has 1 aromatic rings. The molecule has 0 heterocycles. The van der Waals surface area contributed by atoms with Gasteiger partial charge < -0.3 is 0 Å². The van der Waals surface area contributed by atoms with Crippen molar-refractivity contribution in [2.45, 2.75) is 0 Å². The Labute approximate surface area is 94.5 Å². The van der Waals surface area contributed by atoms with Gasteiger partial charge in [0.2, 0.25) is 0 Å². The third-order valence-corrected chi connectivity index (χ3v) is 0.936. The van der Waals surface area contributed by atoms with Crippen LogP contribution in [0.25, 0.3) is 0 Å². The van der Waals surface area contributed by atoms with E-state index in [1.807, 2.05) is 18.2 Å². The van der Waals surface area contributed by atoms with Gasteiger partial charge in [-0.2, -0.15) is 0 Å². The molecule has 9 heavy (non-hydrogen) atoms. The Morgan fingerprint density at radius 1 is 1.11 bits per heavy atom. The Kier molecular flexibility index (Phi) is 5.53. The molecule has 0 aliphatic rings. The van der Waals surface area contributed by atoms with Crippen LogP contribution >= 0.6 is 0 Å². The second kappa shape index (κ2) is 5.26. The van der Waals surface area contributed by atoms with Crippen LogP contribution in [-0.4, -0.2) is 55.2 Å². The molecule has 0 N–H and O–H groups in total. The molecule has 0 amide bonds. The van der Waals surface area contributed by atoms with E-state index in [4.69, 9.17) is 0 Å². The van der Waals surface area contributed by atoms with Crippen molar-refractivity contribution in [1.29, 1.82) is 0 Å². The average Bonchev–Trinajstić information content (AvgIpc) is 1.90. The molecule has 44 valence electrons. The van der Waals surface area contributed by atoms with Gasteiger partial charge in [0.1, 0.15) is 6.29 Å². The van der Waals surface area contributed by atoms with Gasteiger partial charge in [0.25, 0.3) is 0 Å². The van der Waals surface area contributed by atoms with Crippen molar-refractivity contribution < 1.29 is 4.79 Å². The van der Waals surface area contributed by atoms with Crippen LogP contribution in [0.3, 0.4) is 0 Å². The fraction of sp³-hybridized carbons (Fsp3) is 0. The zero-order chi connectivity index (χ0) is 5.82. The molecule has 0 radical (unpaired) electrons. The van der Waals surface area contributed by atoms with Crippen molar-refractivity contribution in [2.24, 2.45) is 0 Å². The number of benzene rings is 1. The maximum atomic E-state index is 10.0. The zero-order valence-electron chi connectivity index (χ0n) is 4.37. The molecule has 0 aliphatic carbocycles. The van der Waals surface area contributed by atoms with Crippen LogP contribution in [0.4, 0.5) is 0 Å². The van der Waals surface area contributed by atoms with Crippen LogP contribution in [0.5, 0.6) is 0 Å². The van der Waals surface area contributed by atoms with Gasteiger partial charge in [0.15, 0.2) is 0 Å². The Morgan fingerprint density at radius 2 is 1.67 bits per heavy atom. The van der Waals surface area contributed by atoms with Crippen molar-refractivity contribution in [3.8, 4) is 0 Å². The van der Waals surface area contributed by atoms with E-state index < -0.39 is 0 Å². The summed E-state index contributed by atoms with van der Waals surface area (Å²) in [5.74, 6) is 0. The Balaban J connectivity index is 0.000000640. The summed E-state index contributed by atoms with van der Waals surface area (Å²) in [6.45, 7) is 0.